The molecule has 0 bridgehead atoms. The summed E-state index contributed by atoms with van der Waals surface area (Å²) < 4.78 is 5.90. The number of para-hydroxylation sites is 1. The van der Waals surface area contributed by atoms with Gasteiger partial charge in [-0.25, -0.2) is 0 Å². The number of ether oxygens (including phenoxy) is 1. The van der Waals surface area contributed by atoms with Gasteiger partial charge in [-0.1, -0.05) is 54.6 Å². The molecule has 1 N–H and O–H groups in total. The number of nitrogens with zero attached hydrogens (tertiary/aromatic N) is 1. The van der Waals surface area contributed by atoms with E-state index < -0.39 is 0 Å². The van der Waals surface area contributed by atoms with Crippen molar-refractivity contribution in [2.45, 2.75) is 26.2 Å². The van der Waals surface area contributed by atoms with Gasteiger partial charge in [0.1, 0.15) is 5.75 Å². The molecule has 0 aliphatic carbocycles. The number of hydrogen-bond donors (Lipinski definition) is 1. The minimum Gasteiger partial charge on any atom is -0.492 e. The maximum absolute atomic E-state index is 12.5. The lowest BCUT2D eigenvalue weighted by atomic mass is 10.1. The molecule has 3 aromatic rings. The van der Waals surface area contributed by atoms with Gasteiger partial charge in [-0.3, -0.25) is 19.3 Å². The fourth-order valence-electron chi connectivity index (χ4n) is 3.76. The number of imide groups is 1. The summed E-state index contributed by atoms with van der Waals surface area (Å²) in [5.41, 5.74) is 3.79. The van der Waals surface area contributed by atoms with Crippen LogP contribution >= 0.6 is 0 Å². The van der Waals surface area contributed by atoms with E-state index in [0.717, 1.165) is 16.9 Å². The summed E-state index contributed by atoms with van der Waals surface area (Å²) >= 11 is 0. The highest BCUT2D eigenvalue weighted by Gasteiger charge is 2.31. The van der Waals surface area contributed by atoms with E-state index in [0.29, 0.717) is 16.9 Å². The Bertz CT molecular complexity index is 1140. The van der Waals surface area contributed by atoms with E-state index in [4.69, 9.17) is 4.74 Å². The van der Waals surface area contributed by atoms with Crippen molar-refractivity contribution < 1.29 is 19.1 Å². The quantitative estimate of drug-likeness (QED) is 0.553. The predicted octanol–water partition coefficient (Wildman–Crippen LogP) is 4.72. The fraction of sp³-hybridized carbons (Fsp3) is 0.192. The molecule has 3 amide bonds. The van der Waals surface area contributed by atoms with Crippen LogP contribution in [-0.4, -0.2) is 24.3 Å². The Balaban J connectivity index is 1.39. The van der Waals surface area contributed by atoms with Gasteiger partial charge in [-0.05, 0) is 36.2 Å². The SMILES string of the molecule is Cc1c(NC(=O)CCOc2ccccc2-c2ccccc2)cccc1N1C(=O)CCC1=O. The van der Waals surface area contributed by atoms with Crippen LogP contribution < -0.4 is 15.0 Å². The van der Waals surface area contributed by atoms with Crippen molar-refractivity contribution in [3.05, 3.63) is 78.4 Å². The van der Waals surface area contributed by atoms with E-state index in [1.165, 1.54) is 4.90 Å². The van der Waals surface area contributed by atoms with Gasteiger partial charge in [0.05, 0.1) is 18.7 Å². The first-order valence-corrected chi connectivity index (χ1v) is 10.6. The first kappa shape index (κ1) is 21.3. The van der Waals surface area contributed by atoms with E-state index in [9.17, 15) is 14.4 Å². The van der Waals surface area contributed by atoms with Crippen molar-refractivity contribution in [3.8, 4) is 16.9 Å². The topological polar surface area (TPSA) is 75.7 Å². The van der Waals surface area contributed by atoms with E-state index in [1.807, 2.05) is 54.6 Å². The molecule has 0 atom stereocenters. The summed E-state index contributed by atoms with van der Waals surface area (Å²) in [6.45, 7) is 2.01. The number of amides is 3. The van der Waals surface area contributed by atoms with Gasteiger partial charge in [0, 0.05) is 24.1 Å². The second-order valence-corrected chi connectivity index (χ2v) is 7.58. The normalized spacial score (nSPS) is 13.3. The van der Waals surface area contributed by atoms with Crippen LogP contribution in [0.5, 0.6) is 5.75 Å². The van der Waals surface area contributed by atoms with Crippen molar-refractivity contribution in [2.75, 3.05) is 16.8 Å². The molecule has 1 saturated heterocycles. The maximum atomic E-state index is 12.5. The Morgan fingerprint density at radius 3 is 2.34 bits per heavy atom. The molecule has 1 heterocycles. The van der Waals surface area contributed by atoms with E-state index in [2.05, 4.69) is 5.32 Å². The van der Waals surface area contributed by atoms with Crippen LogP contribution in [0.4, 0.5) is 11.4 Å². The zero-order valence-corrected chi connectivity index (χ0v) is 17.8. The fourth-order valence-corrected chi connectivity index (χ4v) is 3.76. The Kier molecular flexibility index (Phi) is 6.31. The second kappa shape index (κ2) is 9.47. The highest BCUT2D eigenvalue weighted by atomic mass is 16.5. The highest BCUT2D eigenvalue weighted by molar-refractivity contribution is 6.20. The molecular formula is C26H24N2O4. The van der Waals surface area contributed by atoms with Crippen molar-refractivity contribution in [1.29, 1.82) is 0 Å². The first-order chi connectivity index (χ1) is 15.5. The van der Waals surface area contributed by atoms with E-state index in [-0.39, 0.29) is 43.6 Å². The lowest BCUT2D eigenvalue weighted by molar-refractivity contribution is -0.121. The van der Waals surface area contributed by atoms with Crippen molar-refractivity contribution >= 4 is 29.1 Å². The lowest BCUT2D eigenvalue weighted by Crippen LogP contribution is -2.29. The van der Waals surface area contributed by atoms with Gasteiger partial charge in [0.25, 0.3) is 0 Å². The van der Waals surface area contributed by atoms with Gasteiger partial charge in [-0.15, -0.1) is 0 Å². The highest BCUT2D eigenvalue weighted by Crippen LogP contribution is 2.31. The third kappa shape index (κ3) is 4.54. The lowest BCUT2D eigenvalue weighted by Gasteiger charge is -2.19. The molecule has 1 fully saturated rings. The summed E-state index contributed by atoms with van der Waals surface area (Å²) in [6, 6.07) is 22.9. The molecule has 0 spiro atoms. The standard InChI is InChI=1S/C26H24N2O4/c1-18-21(11-7-12-22(18)28-25(30)14-15-26(28)31)27-24(29)16-17-32-23-13-6-5-10-20(23)19-8-3-2-4-9-19/h2-13H,14-17H2,1H3,(H,27,29). The van der Waals surface area contributed by atoms with Crippen molar-refractivity contribution in [3.63, 3.8) is 0 Å². The molecule has 0 saturated carbocycles. The molecule has 0 radical (unpaired) electrons. The summed E-state index contributed by atoms with van der Waals surface area (Å²) in [5, 5.41) is 2.87. The van der Waals surface area contributed by atoms with Crippen LogP contribution in [0.15, 0.2) is 72.8 Å². The molecule has 32 heavy (non-hydrogen) atoms. The first-order valence-electron chi connectivity index (χ1n) is 10.6. The minimum absolute atomic E-state index is 0.161. The molecule has 1 aliphatic heterocycles. The molecular weight excluding hydrogens is 404 g/mol. The Morgan fingerprint density at radius 1 is 0.906 bits per heavy atom. The van der Waals surface area contributed by atoms with Gasteiger partial charge in [0.15, 0.2) is 0 Å². The second-order valence-electron chi connectivity index (χ2n) is 7.58. The zero-order valence-electron chi connectivity index (χ0n) is 17.8. The molecule has 162 valence electrons. The van der Waals surface area contributed by atoms with Crippen LogP contribution in [0, 0.1) is 6.92 Å². The van der Waals surface area contributed by atoms with Crippen LogP contribution in [0.3, 0.4) is 0 Å². The smallest absolute Gasteiger partial charge is 0.234 e. The number of hydrogen-bond acceptors (Lipinski definition) is 4. The average Bonchev–Trinajstić information content (AvgIpc) is 3.14. The number of benzene rings is 3. The van der Waals surface area contributed by atoms with E-state index in [1.54, 1.807) is 25.1 Å². The zero-order chi connectivity index (χ0) is 22.5. The molecule has 4 rings (SSSR count). The molecule has 0 unspecified atom stereocenters. The Hall–Kier alpha value is -3.93. The van der Waals surface area contributed by atoms with Crippen LogP contribution in [0.25, 0.3) is 11.1 Å². The predicted molar refractivity (Wildman–Crippen MR) is 124 cm³/mol. The van der Waals surface area contributed by atoms with Gasteiger partial charge < -0.3 is 10.1 Å². The van der Waals surface area contributed by atoms with Crippen LogP contribution in [-0.2, 0) is 14.4 Å². The average molecular weight is 428 g/mol. The molecule has 3 aromatic carbocycles. The largest absolute Gasteiger partial charge is 0.492 e. The summed E-state index contributed by atoms with van der Waals surface area (Å²) in [4.78, 5) is 37.9. The summed E-state index contributed by atoms with van der Waals surface area (Å²) in [6.07, 6.45) is 0.599. The monoisotopic (exact) mass is 428 g/mol. The van der Waals surface area contributed by atoms with Crippen LogP contribution in [0.1, 0.15) is 24.8 Å². The number of nitrogens with one attached hydrogen (secondary N) is 1. The third-order valence-electron chi connectivity index (χ3n) is 5.43. The third-order valence-corrected chi connectivity index (χ3v) is 5.43. The van der Waals surface area contributed by atoms with Gasteiger partial charge in [-0.2, -0.15) is 0 Å². The van der Waals surface area contributed by atoms with Gasteiger partial charge in [0.2, 0.25) is 17.7 Å². The number of anilines is 2. The minimum atomic E-state index is -0.216. The summed E-state index contributed by atoms with van der Waals surface area (Å²) in [7, 11) is 0. The van der Waals surface area contributed by atoms with Crippen molar-refractivity contribution in [2.24, 2.45) is 0 Å². The summed E-state index contributed by atoms with van der Waals surface area (Å²) in [5.74, 6) is 0.0800. The molecule has 6 heteroatoms. The van der Waals surface area contributed by atoms with Crippen molar-refractivity contribution in [1.82, 2.24) is 0 Å². The van der Waals surface area contributed by atoms with Crippen LogP contribution in [0.2, 0.25) is 0 Å². The van der Waals surface area contributed by atoms with Gasteiger partial charge >= 0.3 is 0 Å². The maximum Gasteiger partial charge on any atom is 0.234 e. The van der Waals surface area contributed by atoms with E-state index >= 15 is 0 Å². The number of carbonyl (C=O) groups excluding carboxylic acids is 3. The number of rotatable bonds is 7. The molecule has 0 aromatic heterocycles. The number of carbonyl (C=O) groups is 3. The Labute approximate surface area is 186 Å². The Morgan fingerprint density at radius 2 is 1.59 bits per heavy atom. The molecule has 6 nitrogen and oxygen atoms in total. The molecule has 1 aliphatic rings.